The lowest BCUT2D eigenvalue weighted by Gasteiger charge is -2.33. The molecule has 1 fully saturated rings. The van der Waals surface area contributed by atoms with Gasteiger partial charge in [0.15, 0.2) is 0 Å². The maximum Gasteiger partial charge on any atom is 0.292 e. The quantitative estimate of drug-likeness (QED) is 0.659. The van der Waals surface area contributed by atoms with E-state index in [-0.39, 0.29) is 17.2 Å². The summed E-state index contributed by atoms with van der Waals surface area (Å²) in [6.07, 6.45) is 1.93. The van der Waals surface area contributed by atoms with Crippen molar-refractivity contribution in [2.45, 2.75) is 19.4 Å². The molecule has 0 saturated carbocycles. The van der Waals surface area contributed by atoms with Crippen molar-refractivity contribution in [1.29, 1.82) is 0 Å². The number of anilines is 1. The van der Waals surface area contributed by atoms with E-state index in [1.54, 1.807) is 19.2 Å². The maximum absolute atomic E-state index is 11.1. The van der Waals surface area contributed by atoms with Crippen LogP contribution in [0.4, 0.5) is 11.4 Å². The molecule has 1 heterocycles. The molecule has 0 bridgehead atoms. The number of aliphatic hydroxyl groups excluding tert-OH is 1. The van der Waals surface area contributed by atoms with E-state index in [9.17, 15) is 15.2 Å². The molecule has 1 aliphatic heterocycles. The van der Waals surface area contributed by atoms with Crippen LogP contribution >= 0.6 is 0 Å². The first-order chi connectivity index (χ1) is 9.65. The molecule has 0 aromatic heterocycles. The summed E-state index contributed by atoms with van der Waals surface area (Å²) in [6.45, 7) is 2.20. The fraction of sp³-hybridized carbons (Fsp3) is 0.571. The van der Waals surface area contributed by atoms with Gasteiger partial charge in [-0.25, -0.2) is 0 Å². The molecule has 1 aliphatic rings. The van der Waals surface area contributed by atoms with Crippen LogP contribution in [0.2, 0.25) is 0 Å². The van der Waals surface area contributed by atoms with Gasteiger partial charge in [0, 0.05) is 32.9 Å². The summed E-state index contributed by atoms with van der Waals surface area (Å²) in [5.41, 5.74) is 1.41. The molecule has 0 atom stereocenters. The van der Waals surface area contributed by atoms with Gasteiger partial charge in [-0.3, -0.25) is 10.1 Å². The van der Waals surface area contributed by atoms with Gasteiger partial charge >= 0.3 is 0 Å². The third-order valence-electron chi connectivity index (χ3n) is 3.78. The molecule has 0 aliphatic carbocycles. The molecular formula is C14H20N2O4. The summed E-state index contributed by atoms with van der Waals surface area (Å²) in [5.74, 6) is 0.524. The van der Waals surface area contributed by atoms with E-state index >= 15 is 0 Å². The Bertz CT molecular complexity index is 470. The molecule has 110 valence electrons. The molecular weight excluding hydrogens is 260 g/mol. The summed E-state index contributed by atoms with van der Waals surface area (Å²) in [6, 6.07) is 4.79. The summed E-state index contributed by atoms with van der Waals surface area (Å²) >= 11 is 0. The van der Waals surface area contributed by atoms with Gasteiger partial charge in [0.25, 0.3) is 5.69 Å². The van der Waals surface area contributed by atoms with Gasteiger partial charge < -0.3 is 14.7 Å². The van der Waals surface area contributed by atoms with Gasteiger partial charge in [-0.05, 0) is 36.5 Å². The third kappa shape index (κ3) is 3.26. The second-order valence-corrected chi connectivity index (χ2v) is 5.12. The van der Waals surface area contributed by atoms with Crippen LogP contribution in [0.3, 0.4) is 0 Å². The number of nitrogens with zero attached hydrogens (tertiary/aromatic N) is 2. The van der Waals surface area contributed by atoms with Crippen LogP contribution in [0.5, 0.6) is 0 Å². The fourth-order valence-corrected chi connectivity index (χ4v) is 2.65. The van der Waals surface area contributed by atoms with Crippen LogP contribution in [0.15, 0.2) is 18.2 Å². The van der Waals surface area contributed by atoms with Gasteiger partial charge in [-0.2, -0.15) is 0 Å². The van der Waals surface area contributed by atoms with Gasteiger partial charge in [0.1, 0.15) is 5.69 Å². The number of rotatable bonds is 5. The van der Waals surface area contributed by atoms with Crippen LogP contribution in [-0.2, 0) is 11.3 Å². The van der Waals surface area contributed by atoms with Crippen LogP contribution in [0.25, 0.3) is 0 Å². The van der Waals surface area contributed by atoms with Gasteiger partial charge in [-0.1, -0.05) is 0 Å². The molecule has 6 nitrogen and oxygen atoms in total. The minimum absolute atomic E-state index is 0.104. The zero-order valence-corrected chi connectivity index (χ0v) is 11.6. The van der Waals surface area contributed by atoms with Crippen LogP contribution in [0.1, 0.15) is 18.4 Å². The van der Waals surface area contributed by atoms with Crippen LogP contribution < -0.4 is 4.90 Å². The number of nitro benzene ring substituents is 1. The lowest BCUT2D eigenvalue weighted by molar-refractivity contribution is -0.384. The third-order valence-corrected chi connectivity index (χ3v) is 3.78. The average Bonchev–Trinajstić information content (AvgIpc) is 2.47. The number of nitro groups is 1. The van der Waals surface area contributed by atoms with Crippen molar-refractivity contribution < 1.29 is 14.8 Å². The minimum Gasteiger partial charge on any atom is -0.392 e. The second kappa shape index (κ2) is 6.67. The largest absolute Gasteiger partial charge is 0.392 e. The number of aliphatic hydroxyl groups is 1. The Labute approximate surface area is 118 Å². The number of ether oxygens (including phenoxy) is 1. The summed E-state index contributed by atoms with van der Waals surface area (Å²) in [5, 5.41) is 20.3. The maximum atomic E-state index is 11.1. The first-order valence-electron chi connectivity index (χ1n) is 6.77. The van der Waals surface area contributed by atoms with Gasteiger partial charge in [0.05, 0.1) is 11.5 Å². The monoisotopic (exact) mass is 280 g/mol. The van der Waals surface area contributed by atoms with E-state index in [0.29, 0.717) is 17.2 Å². The van der Waals surface area contributed by atoms with E-state index < -0.39 is 0 Å². The molecule has 2 rings (SSSR count). The predicted molar refractivity (Wildman–Crippen MR) is 75.8 cm³/mol. The second-order valence-electron chi connectivity index (χ2n) is 5.12. The van der Waals surface area contributed by atoms with E-state index in [2.05, 4.69) is 0 Å². The Morgan fingerprint density at radius 1 is 1.45 bits per heavy atom. The predicted octanol–water partition coefficient (Wildman–Crippen LogP) is 1.95. The van der Waals surface area contributed by atoms with Crippen LogP contribution in [0, 0.1) is 16.0 Å². The topological polar surface area (TPSA) is 75.8 Å². The smallest absolute Gasteiger partial charge is 0.292 e. The molecule has 1 saturated heterocycles. The van der Waals surface area contributed by atoms with E-state index in [1.807, 2.05) is 4.90 Å². The Balaban J connectivity index is 2.17. The highest BCUT2D eigenvalue weighted by atomic mass is 16.6. The molecule has 20 heavy (non-hydrogen) atoms. The Morgan fingerprint density at radius 2 is 2.15 bits per heavy atom. The number of piperidine rings is 1. The molecule has 1 aromatic rings. The Morgan fingerprint density at radius 3 is 2.70 bits per heavy atom. The summed E-state index contributed by atoms with van der Waals surface area (Å²) in [7, 11) is 1.70. The van der Waals surface area contributed by atoms with E-state index in [4.69, 9.17) is 4.74 Å². The Kier molecular flexibility index (Phi) is 4.92. The van der Waals surface area contributed by atoms with Crippen molar-refractivity contribution in [3.63, 3.8) is 0 Å². The highest BCUT2D eigenvalue weighted by Gasteiger charge is 2.25. The molecule has 6 heteroatoms. The number of methoxy groups -OCH3 is 1. The van der Waals surface area contributed by atoms with Crippen molar-refractivity contribution in [3.05, 3.63) is 33.9 Å². The first-order valence-corrected chi connectivity index (χ1v) is 6.77. The van der Waals surface area contributed by atoms with Gasteiger partial charge in [-0.15, -0.1) is 0 Å². The lowest BCUT2D eigenvalue weighted by Crippen LogP contribution is -2.35. The highest BCUT2D eigenvalue weighted by molar-refractivity contribution is 5.64. The standard InChI is InChI=1S/C14H20N2O4/c1-20-10-11-4-6-15(7-5-11)14-8-12(9-17)2-3-13(14)16(18)19/h2-3,8,11,17H,4-7,9-10H2,1H3. The number of benzene rings is 1. The molecule has 0 unspecified atom stereocenters. The molecule has 1 aromatic carbocycles. The van der Waals surface area contributed by atoms with E-state index in [1.165, 1.54) is 6.07 Å². The average molecular weight is 280 g/mol. The van der Waals surface area contributed by atoms with Crippen molar-refractivity contribution in [2.24, 2.45) is 5.92 Å². The fourth-order valence-electron chi connectivity index (χ4n) is 2.65. The zero-order chi connectivity index (χ0) is 14.5. The van der Waals surface area contributed by atoms with Crippen molar-refractivity contribution >= 4 is 11.4 Å². The van der Waals surface area contributed by atoms with E-state index in [0.717, 1.165) is 32.5 Å². The minimum atomic E-state index is -0.363. The zero-order valence-electron chi connectivity index (χ0n) is 11.6. The molecule has 0 amide bonds. The summed E-state index contributed by atoms with van der Waals surface area (Å²) in [4.78, 5) is 12.8. The van der Waals surface area contributed by atoms with Crippen molar-refractivity contribution in [1.82, 2.24) is 0 Å². The number of hydrogen-bond donors (Lipinski definition) is 1. The molecule has 0 radical (unpaired) electrons. The normalized spacial score (nSPS) is 16.4. The molecule has 0 spiro atoms. The van der Waals surface area contributed by atoms with Crippen molar-refractivity contribution in [2.75, 3.05) is 31.7 Å². The Hall–Kier alpha value is -1.66. The first kappa shape index (κ1) is 14.7. The summed E-state index contributed by atoms with van der Waals surface area (Å²) < 4.78 is 5.16. The SMILES string of the molecule is COCC1CCN(c2cc(CO)ccc2[N+](=O)[O-])CC1. The lowest BCUT2D eigenvalue weighted by atomic mass is 9.97. The van der Waals surface area contributed by atoms with Gasteiger partial charge in [0.2, 0.25) is 0 Å². The van der Waals surface area contributed by atoms with Crippen molar-refractivity contribution in [3.8, 4) is 0 Å². The highest BCUT2D eigenvalue weighted by Crippen LogP contribution is 2.32. The van der Waals surface area contributed by atoms with Crippen LogP contribution in [-0.4, -0.2) is 36.8 Å². The molecule has 1 N–H and O–H groups in total. The number of hydrogen-bond acceptors (Lipinski definition) is 5.